The van der Waals surface area contributed by atoms with Gasteiger partial charge in [-0.25, -0.2) is 4.98 Å². The number of nitrogens with one attached hydrogen (secondary N) is 1. The molecule has 122 valence electrons. The Hall–Kier alpha value is -1.13. The quantitative estimate of drug-likeness (QED) is 0.876. The monoisotopic (exact) mass is 303 g/mol. The summed E-state index contributed by atoms with van der Waals surface area (Å²) in [5.74, 6) is 0.775. The van der Waals surface area contributed by atoms with Gasteiger partial charge in [-0.15, -0.1) is 0 Å². The van der Waals surface area contributed by atoms with Gasteiger partial charge in [0.15, 0.2) is 0 Å². The van der Waals surface area contributed by atoms with Gasteiger partial charge >= 0.3 is 0 Å². The Labute approximate surface area is 134 Å². The van der Waals surface area contributed by atoms with Gasteiger partial charge in [0.1, 0.15) is 6.10 Å². The maximum atomic E-state index is 5.75. The van der Waals surface area contributed by atoms with Crippen LogP contribution in [0.3, 0.4) is 0 Å². The first-order chi connectivity index (χ1) is 10.7. The second kappa shape index (κ2) is 6.97. The highest BCUT2D eigenvalue weighted by atomic mass is 16.5. The van der Waals surface area contributed by atoms with Gasteiger partial charge in [-0.3, -0.25) is 4.90 Å². The molecule has 1 aromatic heterocycles. The molecule has 3 atom stereocenters. The lowest BCUT2D eigenvalue weighted by atomic mass is 10.00. The first-order valence-corrected chi connectivity index (χ1v) is 8.83. The lowest BCUT2D eigenvalue weighted by Gasteiger charge is -2.43. The zero-order chi connectivity index (χ0) is 15.5. The average Bonchev–Trinajstić information content (AvgIpc) is 3.38. The summed E-state index contributed by atoms with van der Waals surface area (Å²) in [6.45, 7) is 9.06. The largest absolute Gasteiger partial charge is 0.474 e. The van der Waals surface area contributed by atoms with E-state index in [1.54, 1.807) is 0 Å². The number of hydrogen-bond donors (Lipinski definition) is 1. The number of piperazine rings is 1. The number of ether oxygens (including phenoxy) is 1. The fraction of sp³-hybridized carbons (Fsp3) is 0.722. The summed E-state index contributed by atoms with van der Waals surface area (Å²) >= 11 is 0. The van der Waals surface area contributed by atoms with Crippen LogP contribution >= 0.6 is 0 Å². The van der Waals surface area contributed by atoms with Gasteiger partial charge in [0.2, 0.25) is 5.88 Å². The average molecular weight is 303 g/mol. The standard InChI is InChI=1S/C18H29N3O/c1-4-15-12-21(16(5-2)11-19-15)13(3)14-6-9-18(20-10-14)22-17-7-8-17/h6,9-10,13,15-17,19H,4-5,7-8,11-12H2,1-3H3/t13?,15-,16+/m0/s1. The fourth-order valence-electron chi connectivity index (χ4n) is 3.27. The highest BCUT2D eigenvalue weighted by molar-refractivity contribution is 5.21. The lowest BCUT2D eigenvalue weighted by molar-refractivity contribution is 0.0848. The third-order valence-corrected chi connectivity index (χ3v) is 5.06. The highest BCUT2D eigenvalue weighted by Gasteiger charge is 2.30. The van der Waals surface area contributed by atoms with E-state index >= 15 is 0 Å². The molecular weight excluding hydrogens is 274 g/mol. The molecule has 1 aliphatic carbocycles. The first-order valence-electron chi connectivity index (χ1n) is 8.83. The molecule has 2 heterocycles. The van der Waals surface area contributed by atoms with Crippen molar-refractivity contribution in [3.8, 4) is 5.88 Å². The van der Waals surface area contributed by atoms with Crippen LogP contribution in [0.5, 0.6) is 5.88 Å². The van der Waals surface area contributed by atoms with Crippen molar-refractivity contribution in [2.45, 2.75) is 70.7 Å². The van der Waals surface area contributed by atoms with Gasteiger partial charge in [-0.2, -0.15) is 0 Å². The van der Waals surface area contributed by atoms with Crippen molar-refractivity contribution in [2.75, 3.05) is 13.1 Å². The minimum Gasteiger partial charge on any atom is -0.474 e. The summed E-state index contributed by atoms with van der Waals surface area (Å²) in [5.41, 5.74) is 1.29. The van der Waals surface area contributed by atoms with Gasteiger partial charge in [-0.1, -0.05) is 19.9 Å². The van der Waals surface area contributed by atoms with E-state index in [0.29, 0.717) is 24.2 Å². The predicted molar refractivity (Wildman–Crippen MR) is 89.2 cm³/mol. The number of rotatable bonds is 6. The Morgan fingerprint density at radius 3 is 2.73 bits per heavy atom. The van der Waals surface area contributed by atoms with E-state index < -0.39 is 0 Å². The molecule has 2 aliphatic rings. The van der Waals surface area contributed by atoms with E-state index in [2.05, 4.69) is 42.0 Å². The van der Waals surface area contributed by atoms with Crippen LogP contribution in [0.1, 0.15) is 58.1 Å². The van der Waals surface area contributed by atoms with Crippen LogP contribution in [0.4, 0.5) is 0 Å². The van der Waals surface area contributed by atoms with Gasteiger partial charge in [0.25, 0.3) is 0 Å². The zero-order valence-corrected chi connectivity index (χ0v) is 14.1. The summed E-state index contributed by atoms with van der Waals surface area (Å²) in [5, 5.41) is 3.67. The topological polar surface area (TPSA) is 37.4 Å². The van der Waals surface area contributed by atoms with Gasteiger partial charge < -0.3 is 10.1 Å². The maximum Gasteiger partial charge on any atom is 0.213 e. The van der Waals surface area contributed by atoms with Crippen molar-refractivity contribution in [2.24, 2.45) is 0 Å². The first kappa shape index (κ1) is 15.8. The van der Waals surface area contributed by atoms with E-state index in [4.69, 9.17) is 4.74 Å². The number of hydrogen-bond acceptors (Lipinski definition) is 4. The molecule has 0 radical (unpaired) electrons. The molecule has 0 spiro atoms. The second-order valence-corrected chi connectivity index (χ2v) is 6.70. The molecule has 1 N–H and O–H groups in total. The molecular formula is C18H29N3O. The van der Waals surface area contributed by atoms with Crippen molar-refractivity contribution in [3.63, 3.8) is 0 Å². The van der Waals surface area contributed by atoms with E-state index in [1.807, 2.05) is 12.3 Å². The smallest absolute Gasteiger partial charge is 0.213 e. The minimum absolute atomic E-state index is 0.406. The molecule has 3 rings (SSSR count). The van der Waals surface area contributed by atoms with Crippen molar-refractivity contribution < 1.29 is 4.74 Å². The predicted octanol–water partition coefficient (Wildman–Crippen LogP) is 3.15. The second-order valence-electron chi connectivity index (χ2n) is 6.70. The third kappa shape index (κ3) is 3.61. The minimum atomic E-state index is 0.406. The fourth-order valence-corrected chi connectivity index (χ4v) is 3.27. The van der Waals surface area contributed by atoms with Gasteiger partial charge in [-0.05, 0) is 38.2 Å². The van der Waals surface area contributed by atoms with Gasteiger partial charge in [0.05, 0.1) is 0 Å². The summed E-state index contributed by atoms with van der Waals surface area (Å²) in [6.07, 6.45) is 7.14. The highest BCUT2D eigenvalue weighted by Crippen LogP contribution is 2.29. The van der Waals surface area contributed by atoms with Crippen LogP contribution in [0, 0.1) is 0 Å². The summed E-state index contributed by atoms with van der Waals surface area (Å²) in [4.78, 5) is 7.14. The van der Waals surface area contributed by atoms with Crippen LogP contribution < -0.4 is 10.1 Å². The van der Waals surface area contributed by atoms with Crippen molar-refractivity contribution in [1.82, 2.24) is 15.2 Å². The molecule has 0 bridgehead atoms. The molecule has 1 saturated carbocycles. The van der Waals surface area contributed by atoms with E-state index in [9.17, 15) is 0 Å². The van der Waals surface area contributed by atoms with Crippen molar-refractivity contribution in [1.29, 1.82) is 0 Å². The number of pyridine rings is 1. The zero-order valence-electron chi connectivity index (χ0n) is 14.1. The van der Waals surface area contributed by atoms with Gasteiger partial charge in [0, 0.05) is 43.5 Å². The van der Waals surface area contributed by atoms with Crippen molar-refractivity contribution in [3.05, 3.63) is 23.9 Å². The van der Waals surface area contributed by atoms with Crippen LogP contribution in [-0.2, 0) is 0 Å². The summed E-state index contributed by atoms with van der Waals surface area (Å²) in [6, 6.07) is 5.84. The number of aromatic nitrogens is 1. The Morgan fingerprint density at radius 2 is 2.14 bits per heavy atom. The van der Waals surface area contributed by atoms with Crippen LogP contribution in [0.15, 0.2) is 18.3 Å². The molecule has 2 fully saturated rings. The summed E-state index contributed by atoms with van der Waals surface area (Å²) in [7, 11) is 0. The van der Waals surface area contributed by atoms with E-state index in [1.165, 1.54) is 31.2 Å². The maximum absolute atomic E-state index is 5.75. The Kier molecular flexibility index (Phi) is 4.99. The van der Waals surface area contributed by atoms with E-state index in [-0.39, 0.29) is 0 Å². The summed E-state index contributed by atoms with van der Waals surface area (Å²) < 4.78 is 5.75. The Morgan fingerprint density at radius 1 is 1.32 bits per heavy atom. The molecule has 0 aromatic carbocycles. The molecule has 1 saturated heterocycles. The third-order valence-electron chi connectivity index (χ3n) is 5.06. The van der Waals surface area contributed by atoms with E-state index in [0.717, 1.165) is 19.0 Å². The molecule has 4 nitrogen and oxygen atoms in total. The normalized spacial score (nSPS) is 27.6. The van der Waals surface area contributed by atoms with Crippen molar-refractivity contribution >= 4 is 0 Å². The van der Waals surface area contributed by atoms with Crippen LogP contribution in [-0.4, -0.2) is 41.2 Å². The SMILES string of the molecule is CC[C@H]1CN(C(C)c2ccc(OC3CC3)nc2)[C@H](CC)CN1. The van der Waals surface area contributed by atoms with Crippen LogP contribution in [0.2, 0.25) is 0 Å². The molecule has 1 unspecified atom stereocenters. The molecule has 1 aliphatic heterocycles. The molecule has 1 aromatic rings. The Balaban J connectivity index is 1.68. The Bertz CT molecular complexity index is 472. The molecule has 0 amide bonds. The molecule has 4 heteroatoms. The lowest BCUT2D eigenvalue weighted by Crippen LogP contribution is -2.56. The van der Waals surface area contributed by atoms with Crippen LogP contribution in [0.25, 0.3) is 0 Å². The number of nitrogens with zero attached hydrogens (tertiary/aromatic N) is 2. The molecule has 22 heavy (non-hydrogen) atoms.